The van der Waals surface area contributed by atoms with E-state index in [-0.39, 0.29) is 11.8 Å². The van der Waals surface area contributed by atoms with Crippen molar-refractivity contribution in [3.05, 3.63) is 41.4 Å². The van der Waals surface area contributed by atoms with Crippen LogP contribution < -0.4 is 5.32 Å². The predicted octanol–water partition coefficient (Wildman–Crippen LogP) is 2.51. The summed E-state index contributed by atoms with van der Waals surface area (Å²) >= 11 is 5.19. The maximum Gasteiger partial charge on any atom is 0.229 e. The number of hydrogen-bond acceptors (Lipinski definition) is 3. The minimum atomic E-state index is -0.0481. The molecule has 5 nitrogen and oxygen atoms in total. The topological polar surface area (TPSA) is 59.0 Å². The second-order valence-electron chi connectivity index (χ2n) is 4.74. The van der Waals surface area contributed by atoms with Crippen LogP contribution in [0, 0.1) is 10.7 Å². The third-order valence-electron chi connectivity index (χ3n) is 3.34. The maximum absolute atomic E-state index is 12.1. The zero-order valence-electron chi connectivity index (χ0n) is 10.8. The molecule has 2 N–H and O–H groups in total. The standard InChI is InChI=1S/C14H15N3O2S/c18-13(10-4-7-19-9-10)16-11-2-1-3-12(8-11)17-6-5-15-14(17)20/h1-3,5-6,8,10H,4,7,9H2,(H,15,20)(H,16,18)/t10-/m0/s1. The molecular formula is C14H15N3O2S. The molecule has 3 rings (SSSR count). The van der Waals surface area contributed by atoms with Gasteiger partial charge in [0.1, 0.15) is 0 Å². The molecular weight excluding hydrogens is 274 g/mol. The molecule has 1 atom stereocenters. The summed E-state index contributed by atoms with van der Waals surface area (Å²) in [5.41, 5.74) is 1.68. The van der Waals surface area contributed by atoms with Crippen LogP contribution in [0.5, 0.6) is 0 Å². The Labute approximate surface area is 121 Å². The van der Waals surface area contributed by atoms with E-state index in [0.717, 1.165) is 17.8 Å². The van der Waals surface area contributed by atoms with E-state index in [1.54, 1.807) is 6.20 Å². The molecule has 20 heavy (non-hydrogen) atoms. The second kappa shape index (κ2) is 5.60. The normalized spacial score (nSPS) is 18.1. The summed E-state index contributed by atoms with van der Waals surface area (Å²) < 4.78 is 7.71. The highest BCUT2D eigenvalue weighted by atomic mass is 32.1. The molecule has 1 aromatic carbocycles. The second-order valence-corrected chi connectivity index (χ2v) is 5.12. The van der Waals surface area contributed by atoms with Crippen molar-refractivity contribution in [3.8, 4) is 5.69 Å². The first-order chi connectivity index (χ1) is 9.74. The summed E-state index contributed by atoms with van der Waals surface area (Å²) in [7, 11) is 0. The van der Waals surface area contributed by atoms with Crippen LogP contribution in [0.3, 0.4) is 0 Å². The lowest BCUT2D eigenvalue weighted by Crippen LogP contribution is -2.22. The molecule has 0 bridgehead atoms. The van der Waals surface area contributed by atoms with Gasteiger partial charge in [-0.25, -0.2) is 0 Å². The van der Waals surface area contributed by atoms with Crippen molar-refractivity contribution in [2.75, 3.05) is 18.5 Å². The number of amides is 1. The van der Waals surface area contributed by atoms with E-state index in [0.29, 0.717) is 18.0 Å². The number of nitrogens with zero attached hydrogens (tertiary/aromatic N) is 1. The number of imidazole rings is 1. The van der Waals surface area contributed by atoms with Gasteiger partial charge in [-0.2, -0.15) is 0 Å². The summed E-state index contributed by atoms with van der Waals surface area (Å²) in [6, 6.07) is 7.60. The largest absolute Gasteiger partial charge is 0.381 e. The number of benzene rings is 1. The SMILES string of the molecule is O=C(Nc1cccc(-n2cc[nH]c2=S)c1)[C@H]1CCOC1. The van der Waals surface area contributed by atoms with E-state index >= 15 is 0 Å². The lowest BCUT2D eigenvalue weighted by Gasteiger charge is -2.11. The third kappa shape index (κ3) is 2.66. The van der Waals surface area contributed by atoms with Crippen LogP contribution in [-0.2, 0) is 9.53 Å². The summed E-state index contributed by atoms with van der Waals surface area (Å²) in [4.78, 5) is 15.0. The van der Waals surface area contributed by atoms with Gasteiger partial charge in [-0.1, -0.05) is 6.07 Å². The highest BCUT2D eigenvalue weighted by molar-refractivity contribution is 7.71. The van der Waals surface area contributed by atoms with Crippen molar-refractivity contribution >= 4 is 23.8 Å². The number of rotatable bonds is 3. The Kier molecular flexibility index (Phi) is 3.66. The van der Waals surface area contributed by atoms with Gasteiger partial charge in [0.15, 0.2) is 4.77 Å². The van der Waals surface area contributed by atoms with Gasteiger partial charge in [-0.3, -0.25) is 9.36 Å². The van der Waals surface area contributed by atoms with Gasteiger partial charge in [0, 0.05) is 30.4 Å². The van der Waals surface area contributed by atoms with Gasteiger partial charge in [0.05, 0.1) is 12.5 Å². The molecule has 0 unspecified atom stereocenters. The van der Waals surface area contributed by atoms with E-state index in [4.69, 9.17) is 17.0 Å². The number of aromatic nitrogens is 2. The highest BCUT2D eigenvalue weighted by Gasteiger charge is 2.23. The molecule has 2 heterocycles. The molecule has 2 aromatic rings. The Hall–Kier alpha value is -1.92. The van der Waals surface area contributed by atoms with Crippen molar-refractivity contribution in [1.29, 1.82) is 0 Å². The number of anilines is 1. The number of hydrogen-bond donors (Lipinski definition) is 2. The lowest BCUT2D eigenvalue weighted by atomic mass is 10.1. The van der Waals surface area contributed by atoms with Crippen molar-refractivity contribution in [3.63, 3.8) is 0 Å². The van der Waals surface area contributed by atoms with Crippen LogP contribution in [0.25, 0.3) is 5.69 Å². The van der Waals surface area contributed by atoms with E-state index in [2.05, 4.69) is 10.3 Å². The van der Waals surface area contributed by atoms with Crippen LogP contribution >= 0.6 is 12.2 Å². The van der Waals surface area contributed by atoms with Crippen LogP contribution in [0.4, 0.5) is 5.69 Å². The molecule has 1 aromatic heterocycles. The molecule has 104 valence electrons. The smallest absolute Gasteiger partial charge is 0.229 e. The van der Waals surface area contributed by atoms with Crippen LogP contribution in [0.2, 0.25) is 0 Å². The van der Waals surface area contributed by atoms with Gasteiger partial charge < -0.3 is 15.0 Å². The van der Waals surface area contributed by atoms with Crippen LogP contribution in [0.1, 0.15) is 6.42 Å². The monoisotopic (exact) mass is 289 g/mol. The van der Waals surface area contributed by atoms with E-state index in [9.17, 15) is 4.79 Å². The molecule has 1 amide bonds. The molecule has 1 aliphatic heterocycles. The Morgan fingerprint density at radius 3 is 3.10 bits per heavy atom. The fourth-order valence-corrected chi connectivity index (χ4v) is 2.48. The van der Waals surface area contributed by atoms with Crippen molar-refractivity contribution in [1.82, 2.24) is 9.55 Å². The Balaban J connectivity index is 1.79. The minimum Gasteiger partial charge on any atom is -0.381 e. The molecule has 0 aliphatic carbocycles. The Morgan fingerprint density at radius 2 is 2.40 bits per heavy atom. The Bertz CT molecular complexity index is 671. The summed E-state index contributed by atoms with van der Waals surface area (Å²) in [6.45, 7) is 1.17. The summed E-state index contributed by atoms with van der Waals surface area (Å²) in [6.07, 6.45) is 4.42. The maximum atomic E-state index is 12.1. The average Bonchev–Trinajstić information content (AvgIpc) is 3.10. The molecule has 1 fully saturated rings. The number of nitrogens with one attached hydrogen (secondary N) is 2. The predicted molar refractivity (Wildman–Crippen MR) is 78.5 cm³/mol. The van der Waals surface area contributed by atoms with Crippen molar-refractivity contribution in [2.45, 2.75) is 6.42 Å². The number of carbonyl (C=O) groups is 1. The quantitative estimate of drug-likeness (QED) is 0.854. The van der Waals surface area contributed by atoms with Gasteiger partial charge in [0.25, 0.3) is 0 Å². The molecule has 6 heteroatoms. The first-order valence-electron chi connectivity index (χ1n) is 6.49. The van der Waals surface area contributed by atoms with Gasteiger partial charge in [-0.15, -0.1) is 0 Å². The lowest BCUT2D eigenvalue weighted by molar-refractivity contribution is -0.119. The number of ether oxygens (including phenoxy) is 1. The average molecular weight is 289 g/mol. The van der Waals surface area contributed by atoms with E-state index in [1.807, 2.05) is 35.0 Å². The zero-order valence-corrected chi connectivity index (χ0v) is 11.7. The molecule has 1 aliphatic rings. The number of aromatic amines is 1. The first-order valence-corrected chi connectivity index (χ1v) is 6.90. The molecule has 0 saturated carbocycles. The van der Waals surface area contributed by atoms with Gasteiger partial charge in [-0.05, 0) is 36.8 Å². The first kappa shape index (κ1) is 13.1. The van der Waals surface area contributed by atoms with Crippen molar-refractivity contribution < 1.29 is 9.53 Å². The van der Waals surface area contributed by atoms with E-state index in [1.165, 1.54) is 0 Å². The fraction of sp³-hybridized carbons (Fsp3) is 0.286. The van der Waals surface area contributed by atoms with Crippen LogP contribution in [0.15, 0.2) is 36.7 Å². The van der Waals surface area contributed by atoms with Gasteiger partial charge >= 0.3 is 0 Å². The summed E-state index contributed by atoms with van der Waals surface area (Å²) in [5.74, 6) is -0.0367. The third-order valence-corrected chi connectivity index (χ3v) is 3.66. The van der Waals surface area contributed by atoms with Crippen molar-refractivity contribution in [2.24, 2.45) is 5.92 Å². The molecule has 1 saturated heterocycles. The zero-order chi connectivity index (χ0) is 13.9. The minimum absolute atomic E-state index is 0.0114. The molecule has 0 radical (unpaired) electrons. The summed E-state index contributed by atoms with van der Waals surface area (Å²) in [5, 5.41) is 2.93. The highest BCUT2D eigenvalue weighted by Crippen LogP contribution is 2.18. The van der Waals surface area contributed by atoms with Gasteiger partial charge in [0.2, 0.25) is 5.91 Å². The fourth-order valence-electron chi connectivity index (χ4n) is 2.24. The van der Waals surface area contributed by atoms with Crippen LogP contribution in [-0.4, -0.2) is 28.7 Å². The Morgan fingerprint density at radius 1 is 1.50 bits per heavy atom. The van der Waals surface area contributed by atoms with E-state index < -0.39 is 0 Å². The number of H-pyrrole nitrogens is 1. The number of carbonyl (C=O) groups excluding carboxylic acids is 1. The molecule has 0 spiro atoms.